The van der Waals surface area contributed by atoms with Gasteiger partial charge < -0.3 is 5.32 Å². The molecule has 1 aliphatic heterocycles. The number of aryl methyl sites for hydroxylation is 1. The standard InChI is InChI=1S/C18H17N3O3S/c1-13-3-8-16(21-9-2-10-25(21,23)24)11-17(13)20-18(22)15-6-4-14(12-19)5-7-15/h3-8,11H,2,9-10H2,1H3,(H,20,22). The molecular formula is C18H17N3O3S. The molecule has 3 rings (SSSR count). The van der Waals surface area contributed by atoms with Gasteiger partial charge >= 0.3 is 0 Å². The normalized spacial score (nSPS) is 15.6. The van der Waals surface area contributed by atoms with Gasteiger partial charge in [0.15, 0.2) is 0 Å². The van der Waals surface area contributed by atoms with Crippen molar-refractivity contribution in [2.45, 2.75) is 13.3 Å². The Morgan fingerprint density at radius 3 is 2.52 bits per heavy atom. The molecule has 1 aliphatic rings. The Bertz CT molecular complexity index is 960. The van der Waals surface area contributed by atoms with E-state index in [4.69, 9.17) is 5.26 Å². The van der Waals surface area contributed by atoms with Gasteiger partial charge in [-0.2, -0.15) is 5.26 Å². The number of nitriles is 1. The molecule has 0 spiro atoms. The summed E-state index contributed by atoms with van der Waals surface area (Å²) >= 11 is 0. The maximum absolute atomic E-state index is 12.4. The number of carbonyl (C=O) groups excluding carboxylic acids is 1. The molecule has 2 aromatic rings. The van der Waals surface area contributed by atoms with Gasteiger partial charge in [-0.05, 0) is 55.3 Å². The summed E-state index contributed by atoms with van der Waals surface area (Å²) in [5.74, 6) is -0.164. The second-order valence-electron chi connectivity index (χ2n) is 5.88. The van der Waals surface area contributed by atoms with Crippen molar-refractivity contribution in [3.63, 3.8) is 0 Å². The summed E-state index contributed by atoms with van der Waals surface area (Å²) in [7, 11) is -3.27. The fourth-order valence-corrected chi connectivity index (χ4v) is 4.28. The molecule has 7 heteroatoms. The number of nitrogens with zero attached hydrogens (tertiary/aromatic N) is 2. The molecule has 1 fully saturated rings. The Balaban J connectivity index is 1.85. The highest BCUT2D eigenvalue weighted by molar-refractivity contribution is 7.93. The van der Waals surface area contributed by atoms with E-state index in [2.05, 4.69) is 5.32 Å². The first-order chi connectivity index (χ1) is 11.9. The lowest BCUT2D eigenvalue weighted by Crippen LogP contribution is -2.25. The Kier molecular flexibility index (Phi) is 4.47. The van der Waals surface area contributed by atoms with Crippen molar-refractivity contribution in [1.82, 2.24) is 0 Å². The molecule has 0 aliphatic carbocycles. The number of benzene rings is 2. The van der Waals surface area contributed by atoms with Crippen LogP contribution in [-0.2, 0) is 10.0 Å². The largest absolute Gasteiger partial charge is 0.322 e. The molecule has 0 radical (unpaired) electrons. The highest BCUT2D eigenvalue weighted by atomic mass is 32.2. The first kappa shape index (κ1) is 17.0. The number of sulfonamides is 1. The summed E-state index contributed by atoms with van der Waals surface area (Å²) in [6, 6.07) is 13.5. The SMILES string of the molecule is Cc1ccc(N2CCCS2(=O)=O)cc1NC(=O)c1ccc(C#N)cc1. The molecule has 25 heavy (non-hydrogen) atoms. The van der Waals surface area contributed by atoms with Crippen molar-refractivity contribution in [1.29, 1.82) is 5.26 Å². The quantitative estimate of drug-likeness (QED) is 0.916. The zero-order chi connectivity index (χ0) is 18.0. The van der Waals surface area contributed by atoms with Gasteiger partial charge in [-0.25, -0.2) is 8.42 Å². The predicted molar refractivity (Wildman–Crippen MR) is 96.0 cm³/mol. The summed E-state index contributed by atoms with van der Waals surface area (Å²) in [5.41, 5.74) is 2.86. The first-order valence-electron chi connectivity index (χ1n) is 7.83. The van der Waals surface area contributed by atoms with Crippen molar-refractivity contribution in [3.05, 3.63) is 59.2 Å². The lowest BCUT2D eigenvalue weighted by atomic mass is 10.1. The maximum Gasteiger partial charge on any atom is 0.255 e. The number of carbonyl (C=O) groups is 1. The van der Waals surface area contributed by atoms with Gasteiger partial charge in [0, 0.05) is 17.8 Å². The molecule has 0 atom stereocenters. The summed E-state index contributed by atoms with van der Waals surface area (Å²) in [6.07, 6.45) is 0.600. The zero-order valence-corrected chi connectivity index (χ0v) is 14.5. The van der Waals surface area contributed by atoms with Crippen LogP contribution >= 0.6 is 0 Å². The molecule has 0 aromatic heterocycles. The second-order valence-corrected chi connectivity index (χ2v) is 7.90. The van der Waals surface area contributed by atoms with Crippen LogP contribution in [0.3, 0.4) is 0 Å². The van der Waals surface area contributed by atoms with Crippen LogP contribution in [0.15, 0.2) is 42.5 Å². The maximum atomic E-state index is 12.4. The Morgan fingerprint density at radius 2 is 1.92 bits per heavy atom. The number of amides is 1. The average Bonchev–Trinajstić information content (AvgIpc) is 2.96. The van der Waals surface area contributed by atoms with Crippen LogP contribution in [0.4, 0.5) is 11.4 Å². The number of hydrogen-bond acceptors (Lipinski definition) is 4. The van der Waals surface area contributed by atoms with E-state index in [1.54, 1.807) is 42.5 Å². The van der Waals surface area contributed by atoms with E-state index in [0.717, 1.165) is 5.56 Å². The molecular weight excluding hydrogens is 338 g/mol. The van der Waals surface area contributed by atoms with Gasteiger partial charge in [-0.15, -0.1) is 0 Å². The molecule has 2 aromatic carbocycles. The van der Waals surface area contributed by atoms with Gasteiger partial charge in [0.25, 0.3) is 5.91 Å². The molecule has 128 valence electrons. The van der Waals surface area contributed by atoms with Crippen LogP contribution in [0.1, 0.15) is 27.9 Å². The van der Waals surface area contributed by atoms with Crippen molar-refractivity contribution in [2.75, 3.05) is 21.9 Å². The number of rotatable bonds is 3. The van der Waals surface area contributed by atoms with Gasteiger partial charge in [0.05, 0.1) is 23.1 Å². The van der Waals surface area contributed by atoms with Gasteiger partial charge in [0.2, 0.25) is 10.0 Å². The predicted octanol–water partition coefficient (Wildman–Crippen LogP) is 2.66. The van der Waals surface area contributed by atoms with Gasteiger partial charge in [0.1, 0.15) is 0 Å². The Hall–Kier alpha value is -2.85. The average molecular weight is 355 g/mol. The summed E-state index contributed by atoms with van der Waals surface area (Å²) in [6.45, 7) is 2.30. The van der Waals surface area contributed by atoms with E-state index >= 15 is 0 Å². The van der Waals surface area contributed by atoms with E-state index in [-0.39, 0.29) is 11.7 Å². The highest BCUT2D eigenvalue weighted by Gasteiger charge is 2.28. The second kappa shape index (κ2) is 6.57. The molecule has 1 saturated heterocycles. The third-order valence-corrected chi connectivity index (χ3v) is 6.00. The van der Waals surface area contributed by atoms with Crippen molar-refractivity contribution < 1.29 is 13.2 Å². The Labute approximate surface area is 146 Å². The third kappa shape index (κ3) is 3.49. The topological polar surface area (TPSA) is 90.3 Å². The van der Waals surface area contributed by atoms with Crippen LogP contribution in [0.25, 0.3) is 0 Å². The Morgan fingerprint density at radius 1 is 1.20 bits per heavy atom. The van der Waals surface area contributed by atoms with Crippen molar-refractivity contribution in [3.8, 4) is 6.07 Å². The van der Waals surface area contributed by atoms with Gasteiger partial charge in [-0.1, -0.05) is 6.07 Å². The number of hydrogen-bond donors (Lipinski definition) is 1. The van der Waals surface area contributed by atoms with E-state index < -0.39 is 10.0 Å². The highest BCUT2D eigenvalue weighted by Crippen LogP contribution is 2.28. The fourth-order valence-electron chi connectivity index (χ4n) is 2.72. The lowest BCUT2D eigenvalue weighted by molar-refractivity contribution is 0.102. The fraction of sp³-hybridized carbons (Fsp3) is 0.222. The lowest BCUT2D eigenvalue weighted by Gasteiger charge is -2.19. The third-order valence-electron chi connectivity index (χ3n) is 4.13. The summed E-state index contributed by atoms with van der Waals surface area (Å²) in [5, 5.41) is 11.6. The minimum absolute atomic E-state index is 0.147. The van der Waals surface area contributed by atoms with Crippen molar-refractivity contribution in [2.24, 2.45) is 0 Å². The van der Waals surface area contributed by atoms with E-state index in [0.29, 0.717) is 35.5 Å². The molecule has 1 N–H and O–H groups in total. The molecule has 0 bridgehead atoms. The van der Waals surface area contributed by atoms with Gasteiger partial charge in [-0.3, -0.25) is 9.10 Å². The molecule has 6 nitrogen and oxygen atoms in total. The first-order valence-corrected chi connectivity index (χ1v) is 9.44. The number of nitrogens with one attached hydrogen (secondary N) is 1. The van der Waals surface area contributed by atoms with Crippen molar-refractivity contribution >= 4 is 27.3 Å². The molecule has 0 unspecified atom stereocenters. The summed E-state index contributed by atoms with van der Waals surface area (Å²) in [4.78, 5) is 12.4. The zero-order valence-electron chi connectivity index (χ0n) is 13.7. The molecule has 1 heterocycles. The smallest absolute Gasteiger partial charge is 0.255 e. The number of anilines is 2. The van der Waals surface area contributed by atoms with Crippen LogP contribution < -0.4 is 9.62 Å². The van der Waals surface area contributed by atoms with E-state index in [1.165, 1.54) is 4.31 Å². The minimum Gasteiger partial charge on any atom is -0.322 e. The van der Waals surface area contributed by atoms with Crippen LogP contribution in [-0.4, -0.2) is 26.6 Å². The van der Waals surface area contributed by atoms with E-state index in [9.17, 15) is 13.2 Å². The van der Waals surface area contributed by atoms with Crippen LogP contribution in [0.2, 0.25) is 0 Å². The molecule has 1 amide bonds. The minimum atomic E-state index is -3.27. The monoisotopic (exact) mass is 355 g/mol. The molecule has 0 saturated carbocycles. The van der Waals surface area contributed by atoms with E-state index in [1.807, 2.05) is 13.0 Å². The van der Waals surface area contributed by atoms with Crippen LogP contribution in [0.5, 0.6) is 0 Å². The summed E-state index contributed by atoms with van der Waals surface area (Å²) < 4.78 is 25.5. The van der Waals surface area contributed by atoms with Crippen LogP contribution in [0, 0.1) is 18.3 Å².